The number of nitrogens with zero attached hydrogens (tertiary/aromatic N) is 3. The molecule has 3 aromatic rings. The van der Waals surface area contributed by atoms with Crippen LogP contribution in [0.15, 0.2) is 64.1 Å². The molecule has 0 fully saturated rings. The predicted molar refractivity (Wildman–Crippen MR) is 127 cm³/mol. The maximum absolute atomic E-state index is 12.9. The topological polar surface area (TPSA) is 64.4 Å². The Morgan fingerprint density at radius 3 is 2.72 bits per heavy atom. The highest BCUT2D eigenvalue weighted by molar-refractivity contribution is 9.10. The van der Waals surface area contributed by atoms with Crippen LogP contribution in [0.25, 0.3) is 0 Å². The first-order valence-electron chi connectivity index (χ1n) is 10.7. The van der Waals surface area contributed by atoms with Gasteiger partial charge in [0.05, 0.1) is 12.2 Å². The third-order valence-electron chi connectivity index (χ3n) is 5.76. The molecule has 0 N–H and O–H groups in total. The zero-order valence-corrected chi connectivity index (χ0v) is 19.8. The number of ether oxygens (including phenoxy) is 1. The van der Waals surface area contributed by atoms with Crippen LogP contribution in [0.2, 0.25) is 0 Å². The second-order valence-corrected chi connectivity index (χ2v) is 9.22. The molecular formula is C25H26BrN3O3. The lowest BCUT2D eigenvalue weighted by Crippen LogP contribution is -2.36. The number of hydrogen-bond acceptors (Lipinski definition) is 5. The zero-order chi connectivity index (χ0) is 22.7. The van der Waals surface area contributed by atoms with Crippen LogP contribution in [0, 0.1) is 0 Å². The molecule has 3 heterocycles. The summed E-state index contributed by atoms with van der Waals surface area (Å²) in [5.41, 5.74) is 3.63. The highest BCUT2D eigenvalue weighted by Gasteiger charge is 2.20. The number of rotatable bonds is 7. The number of benzene rings is 1. The van der Waals surface area contributed by atoms with Crippen LogP contribution in [0.4, 0.5) is 0 Å². The van der Waals surface area contributed by atoms with Crippen LogP contribution in [0.5, 0.6) is 5.75 Å². The molecule has 7 heteroatoms. The van der Waals surface area contributed by atoms with Crippen LogP contribution in [0.1, 0.15) is 41.0 Å². The summed E-state index contributed by atoms with van der Waals surface area (Å²) in [6, 6.07) is 13.2. The molecule has 0 bridgehead atoms. The largest absolute Gasteiger partial charge is 0.487 e. The van der Waals surface area contributed by atoms with E-state index in [1.54, 1.807) is 18.5 Å². The van der Waals surface area contributed by atoms with Crippen LogP contribution < -0.4 is 10.3 Å². The monoisotopic (exact) mass is 495 g/mol. The molecule has 6 nitrogen and oxygen atoms in total. The molecule has 1 aliphatic heterocycles. The molecule has 0 atom stereocenters. The van der Waals surface area contributed by atoms with Gasteiger partial charge in [0, 0.05) is 47.6 Å². The van der Waals surface area contributed by atoms with E-state index in [-0.39, 0.29) is 24.5 Å². The van der Waals surface area contributed by atoms with Gasteiger partial charge in [0.2, 0.25) is 0 Å². The SMILES string of the molecule is CC(C)N1CCc2ccc(C(=O)Cn3ccc(OCc4ccc(Br)cn4)cc3=O)cc2C1. The average Bonchev–Trinajstić information content (AvgIpc) is 2.79. The number of halogens is 1. The van der Waals surface area contributed by atoms with E-state index >= 15 is 0 Å². The van der Waals surface area contributed by atoms with Gasteiger partial charge in [-0.25, -0.2) is 0 Å². The molecular weight excluding hydrogens is 470 g/mol. The Kier molecular flexibility index (Phi) is 6.86. The fraction of sp³-hybridized carbons (Fsp3) is 0.320. The van der Waals surface area contributed by atoms with E-state index in [1.165, 1.54) is 21.8 Å². The molecule has 0 spiro atoms. The van der Waals surface area contributed by atoms with Crippen LogP contribution >= 0.6 is 15.9 Å². The molecule has 32 heavy (non-hydrogen) atoms. The minimum absolute atomic E-state index is 0.0000620. The van der Waals surface area contributed by atoms with Gasteiger partial charge in [0.15, 0.2) is 5.78 Å². The Labute approximate surface area is 196 Å². The van der Waals surface area contributed by atoms with E-state index in [0.717, 1.165) is 29.7 Å². The summed E-state index contributed by atoms with van der Waals surface area (Å²) >= 11 is 3.34. The van der Waals surface area contributed by atoms with E-state index in [2.05, 4.69) is 45.7 Å². The van der Waals surface area contributed by atoms with Gasteiger partial charge in [-0.05, 0) is 71.6 Å². The quantitative estimate of drug-likeness (QED) is 0.458. The first-order valence-corrected chi connectivity index (χ1v) is 11.5. The molecule has 1 aliphatic rings. The van der Waals surface area contributed by atoms with Gasteiger partial charge in [-0.3, -0.25) is 19.5 Å². The van der Waals surface area contributed by atoms with Crippen molar-refractivity contribution in [3.05, 3.63) is 92.1 Å². The van der Waals surface area contributed by atoms with Crippen molar-refractivity contribution in [3.63, 3.8) is 0 Å². The minimum Gasteiger partial charge on any atom is -0.487 e. The summed E-state index contributed by atoms with van der Waals surface area (Å²) in [6.07, 6.45) is 4.30. The van der Waals surface area contributed by atoms with Crippen molar-refractivity contribution in [1.82, 2.24) is 14.5 Å². The molecule has 0 saturated carbocycles. The Morgan fingerprint density at radius 1 is 1.16 bits per heavy atom. The summed E-state index contributed by atoms with van der Waals surface area (Å²) in [6.45, 7) is 6.54. The fourth-order valence-electron chi connectivity index (χ4n) is 3.80. The van der Waals surface area contributed by atoms with Gasteiger partial charge in [0.25, 0.3) is 5.56 Å². The Bertz CT molecular complexity index is 1170. The van der Waals surface area contributed by atoms with Gasteiger partial charge in [-0.15, -0.1) is 0 Å². The van der Waals surface area contributed by atoms with Crippen LogP contribution in [0.3, 0.4) is 0 Å². The molecule has 0 amide bonds. The number of fused-ring (bicyclic) bond motifs is 1. The second-order valence-electron chi connectivity index (χ2n) is 8.31. The summed E-state index contributed by atoms with van der Waals surface area (Å²) in [5.74, 6) is 0.371. The first kappa shape index (κ1) is 22.4. The van der Waals surface area contributed by atoms with Crippen LogP contribution in [-0.2, 0) is 26.1 Å². The summed E-state index contributed by atoms with van der Waals surface area (Å²) in [4.78, 5) is 32.0. The molecule has 4 rings (SSSR count). The third kappa shape index (κ3) is 5.34. The zero-order valence-electron chi connectivity index (χ0n) is 18.3. The van der Waals surface area contributed by atoms with E-state index in [1.807, 2.05) is 24.3 Å². The molecule has 0 radical (unpaired) electrons. The lowest BCUT2D eigenvalue weighted by molar-refractivity contribution is 0.0970. The van der Waals surface area contributed by atoms with Crippen molar-refractivity contribution in [1.29, 1.82) is 0 Å². The lowest BCUT2D eigenvalue weighted by atomic mass is 9.95. The summed E-state index contributed by atoms with van der Waals surface area (Å²) in [5, 5.41) is 0. The van der Waals surface area contributed by atoms with Gasteiger partial charge in [-0.1, -0.05) is 12.1 Å². The number of hydrogen-bond donors (Lipinski definition) is 0. The number of ketones is 1. The third-order valence-corrected chi connectivity index (χ3v) is 6.23. The van der Waals surface area contributed by atoms with E-state index in [0.29, 0.717) is 17.4 Å². The second kappa shape index (κ2) is 9.79. The highest BCUT2D eigenvalue weighted by atomic mass is 79.9. The number of Topliss-reactive ketones (excluding diaryl/α,β-unsaturated/α-hetero) is 1. The molecule has 0 saturated heterocycles. The van der Waals surface area contributed by atoms with Crippen LogP contribution in [-0.4, -0.2) is 32.8 Å². The van der Waals surface area contributed by atoms with E-state index in [4.69, 9.17) is 4.74 Å². The predicted octanol–water partition coefficient (Wildman–Crippen LogP) is 4.23. The van der Waals surface area contributed by atoms with Crippen molar-refractivity contribution in [2.24, 2.45) is 0 Å². The Morgan fingerprint density at radius 2 is 2.00 bits per heavy atom. The molecule has 0 unspecified atom stereocenters. The highest BCUT2D eigenvalue weighted by Crippen LogP contribution is 2.22. The van der Waals surface area contributed by atoms with Crippen molar-refractivity contribution in [3.8, 4) is 5.75 Å². The van der Waals surface area contributed by atoms with E-state index in [9.17, 15) is 9.59 Å². The summed E-state index contributed by atoms with van der Waals surface area (Å²) in [7, 11) is 0. The van der Waals surface area contributed by atoms with E-state index < -0.39 is 0 Å². The maximum atomic E-state index is 12.9. The normalized spacial score (nSPS) is 13.8. The van der Waals surface area contributed by atoms with Crippen molar-refractivity contribution < 1.29 is 9.53 Å². The van der Waals surface area contributed by atoms with Gasteiger partial charge in [0.1, 0.15) is 12.4 Å². The standard InChI is InChI=1S/C25H26BrN3O3/c1-17(2)28-9-7-18-3-4-19(11-20(18)14-28)24(30)15-29-10-8-23(12-25(29)31)32-16-22-6-5-21(26)13-27-22/h3-6,8,10-13,17H,7,9,14-16H2,1-2H3. The van der Waals surface area contributed by atoms with Gasteiger partial charge >= 0.3 is 0 Å². The van der Waals surface area contributed by atoms with Crippen molar-refractivity contribution in [2.45, 2.75) is 46.0 Å². The smallest absolute Gasteiger partial charge is 0.254 e. The molecule has 166 valence electrons. The minimum atomic E-state index is -0.274. The molecule has 1 aromatic carbocycles. The fourth-order valence-corrected chi connectivity index (χ4v) is 4.03. The Balaban J connectivity index is 1.42. The number of carbonyl (C=O) groups excluding carboxylic acids is 1. The van der Waals surface area contributed by atoms with Crippen molar-refractivity contribution >= 4 is 21.7 Å². The summed E-state index contributed by atoms with van der Waals surface area (Å²) < 4.78 is 7.97. The van der Waals surface area contributed by atoms with Gasteiger partial charge in [-0.2, -0.15) is 0 Å². The first-order chi connectivity index (χ1) is 15.4. The average molecular weight is 496 g/mol. The maximum Gasteiger partial charge on any atom is 0.254 e. The number of carbonyl (C=O) groups is 1. The number of pyridine rings is 2. The lowest BCUT2D eigenvalue weighted by Gasteiger charge is -2.32. The Hall–Kier alpha value is -2.77. The van der Waals surface area contributed by atoms with Crippen molar-refractivity contribution in [2.75, 3.05) is 6.54 Å². The van der Waals surface area contributed by atoms with Gasteiger partial charge < -0.3 is 9.30 Å². The molecule has 2 aromatic heterocycles. The number of aromatic nitrogens is 2. The molecule has 0 aliphatic carbocycles.